The van der Waals surface area contributed by atoms with E-state index >= 15 is 0 Å². The van der Waals surface area contributed by atoms with Gasteiger partial charge in [-0.3, -0.25) is 4.79 Å². The highest BCUT2D eigenvalue weighted by atomic mass is 19.3. The molecule has 0 saturated heterocycles. The first kappa shape index (κ1) is 18.9. The van der Waals surface area contributed by atoms with Gasteiger partial charge in [0.25, 0.3) is 0 Å². The van der Waals surface area contributed by atoms with Crippen molar-refractivity contribution < 1.29 is 23.1 Å². The number of alkyl halides is 2. The van der Waals surface area contributed by atoms with Crippen molar-refractivity contribution in [2.24, 2.45) is 5.73 Å². The van der Waals surface area contributed by atoms with Gasteiger partial charge in [0, 0.05) is 23.9 Å². The normalized spacial score (nSPS) is 10.7. The zero-order valence-electron chi connectivity index (χ0n) is 13.6. The van der Waals surface area contributed by atoms with E-state index in [1.54, 1.807) is 42.5 Å². The molecule has 0 unspecified atom stereocenters. The molecule has 0 radical (unpaired) electrons. The van der Waals surface area contributed by atoms with E-state index in [1.807, 2.05) is 0 Å². The molecule has 2 rings (SSSR count). The summed E-state index contributed by atoms with van der Waals surface area (Å²) in [6, 6.07) is 12.3. The van der Waals surface area contributed by atoms with Gasteiger partial charge in [-0.15, -0.1) is 0 Å². The molecule has 3 amide bonds. The lowest BCUT2D eigenvalue weighted by molar-refractivity contribution is -0.116. The topological polar surface area (TPSA) is 93.5 Å². The van der Waals surface area contributed by atoms with Crippen LogP contribution in [0.1, 0.15) is 11.1 Å². The van der Waals surface area contributed by atoms with Crippen LogP contribution < -0.4 is 21.1 Å². The van der Waals surface area contributed by atoms with E-state index in [9.17, 15) is 18.4 Å². The summed E-state index contributed by atoms with van der Waals surface area (Å²) in [4.78, 5) is 22.6. The molecule has 2 aromatic rings. The highest BCUT2D eigenvalue weighted by molar-refractivity contribution is 5.92. The molecule has 4 N–H and O–H groups in total. The van der Waals surface area contributed by atoms with Gasteiger partial charge in [0.05, 0.1) is 0 Å². The molecule has 136 valence electrons. The highest BCUT2D eigenvalue weighted by Crippen LogP contribution is 2.21. The van der Waals surface area contributed by atoms with Gasteiger partial charge in [0.1, 0.15) is 5.75 Å². The van der Waals surface area contributed by atoms with Crippen LogP contribution in [0.3, 0.4) is 0 Å². The molecule has 2 aromatic carbocycles. The molecular formula is C18H17F2N3O3. The molecular weight excluding hydrogens is 344 g/mol. The highest BCUT2D eigenvalue weighted by Gasteiger charge is 2.07. The third-order valence-corrected chi connectivity index (χ3v) is 3.24. The molecule has 0 atom stereocenters. The second kappa shape index (κ2) is 9.16. The van der Waals surface area contributed by atoms with E-state index in [1.165, 1.54) is 18.2 Å². The lowest BCUT2D eigenvalue weighted by Gasteiger charge is -2.07. The summed E-state index contributed by atoms with van der Waals surface area (Å²) in [6.45, 7) is -2.68. The first-order valence-electron chi connectivity index (χ1n) is 7.59. The maximum absolute atomic E-state index is 12.4. The minimum absolute atomic E-state index is 0.0101. The monoisotopic (exact) mass is 361 g/mol. The zero-order chi connectivity index (χ0) is 18.9. The third kappa shape index (κ3) is 6.23. The van der Waals surface area contributed by atoms with Crippen LogP contribution in [0.5, 0.6) is 5.75 Å². The van der Waals surface area contributed by atoms with E-state index in [2.05, 4.69) is 15.4 Å². The van der Waals surface area contributed by atoms with E-state index in [0.717, 1.165) is 5.56 Å². The van der Waals surface area contributed by atoms with E-state index in [-0.39, 0.29) is 12.3 Å². The molecule has 0 bridgehead atoms. The lowest BCUT2D eigenvalue weighted by Crippen LogP contribution is -2.20. The number of hydrogen-bond donors (Lipinski definition) is 3. The third-order valence-electron chi connectivity index (χ3n) is 3.24. The van der Waals surface area contributed by atoms with Crippen molar-refractivity contribution in [3.63, 3.8) is 0 Å². The van der Waals surface area contributed by atoms with Crippen molar-refractivity contribution in [3.8, 4) is 5.75 Å². The number of rotatable bonds is 7. The number of primary amides is 1. The lowest BCUT2D eigenvalue weighted by atomic mass is 10.2. The number of hydrogen-bond acceptors (Lipinski definition) is 3. The Bertz CT molecular complexity index is 793. The van der Waals surface area contributed by atoms with Crippen LogP contribution in [0, 0.1) is 0 Å². The van der Waals surface area contributed by atoms with Crippen LogP contribution in [0.4, 0.5) is 19.3 Å². The smallest absolute Gasteiger partial charge is 0.387 e. The van der Waals surface area contributed by atoms with Crippen molar-refractivity contribution in [1.29, 1.82) is 0 Å². The fourth-order valence-corrected chi connectivity index (χ4v) is 2.08. The molecule has 0 fully saturated rings. The van der Waals surface area contributed by atoms with Gasteiger partial charge in [0.2, 0.25) is 5.91 Å². The Morgan fingerprint density at radius 1 is 1.12 bits per heavy atom. The number of anilines is 1. The molecule has 0 saturated carbocycles. The van der Waals surface area contributed by atoms with Crippen LogP contribution in [-0.2, 0) is 11.3 Å². The minimum atomic E-state index is -2.94. The van der Waals surface area contributed by atoms with Gasteiger partial charge in [-0.05, 0) is 29.8 Å². The van der Waals surface area contributed by atoms with Gasteiger partial charge in [-0.25, -0.2) is 4.79 Å². The Morgan fingerprint density at radius 2 is 1.81 bits per heavy atom. The van der Waals surface area contributed by atoms with Crippen molar-refractivity contribution in [2.75, 3.05) is 5.32 Å². The molecule has 8 heteroatoms. The summed E-state index contributed by atoms with van der Waals surface area (Å²) < 4.78 is 29.1. The zero-order valence-corrected chi connectivity index (χ0v) is 13.6. The van der Waals surface area contributed by atoms with Crippen LogP contribution in [-0.4, -0.2) is 18.5 Å². The summed E-state index contributed by atoms with van der Waals surface area (Å²) in [5.41, 5.74) is 6.73. The number of nitrogens with two attached hydrogens (primary N) is 1. The van der Waals surface area contributed by atoms with Crippen molar-refractivity contribution >= 4 is 23.7 Å². The van der Waals surface area contributed by atoms with E-state index in [4.69, 9.17) is 5.73 Å². The van der Waals surface area contributed by atoms with Crippen LogP contribution in [0.25, 0.3) is 6.08 Å². The predicted molar refractivity (Wildman–Crippen MR) is 93.6 cm³/mol. The Hall–Kier alpha value is -3.42. The molecule has 0 aliphatic rings. The van der Waals surface area contributed by atoms with Crippen LogP contribution in [0.2, 0.25) is 0 Å². The van der Waals surface area contributed by atoms with Crippen molar-refractivity contribution in [2.45, 2.75) is 13.2 Å². The molecule has 0 aromatic heterocycles. The fourth-order valence-electron chi connectivity index (χ4n) is 2.08. The number of urea groups is 1. The summed E-state index contributed by atoms with van der Waals surface area (Å²) in [6.07, 6.45) is 2.63. The van der Waals surface area contributed by atoms with E-state index < -0.39 is 18.5 Å². The van der Waals surface area contributed by atoms with Gasteiger partial charge < -0.3 is 21.1 Å². The standard InChI is InChI=1S/C18H17F2N3O3/c19-17(20)26-15-4-2-1-3-13(15)7-10-16(24)22-11-12-5-8-14(9-6-12)23-18(21)25/h1-10,17H,11H2,(H,22,24)(H3,21,23,25)/b10-7+. The molecule has 0 spiro atoms. The second-order valence-electron chi connectivity index (χ2n) is 5.15. The quantitative estimate of drug-likeness (QED) is 0.662. The molecule has 0 aliphatic carbocycles. The Labute approximate surface area is 148 Å². The average Bonchev–Trinajstić information content (AvgIpc) is 2.59. The number of benzene rings is 2. The Balaban J connectivity index is 1.91. The Morgan fingerprint density at radius 3 is 2.46 bits per heavy atom. The van der Waals surface area contributed by atoms with Gasteiger partial charge >= 0.3 is 12.6 Å². The number of amides is 3. The SMILES string of the molecule is NC(=O)Nc1ccc(CNC(=O)/C=C/c2ccccc2OC(F)F)cc1. The first-order chi connectivity index (χ1) is 12.4. The van der Waals surface area contributed by atoms with Gasteiger partial charge in [-0.1, -0.05) is 30.3 Å². The summed E-state index contributed by atoms with van der Waals surface area (Å²) in [5, 5.41) is 5.09. The van der Waals surface area contributed by atoms with Gasteiger partial charge in [-0.2, -0.15) is 8.78 Å². The molecule has 0 aliphatic heterocycles. The van der Waals surface area contributed by atoms with Crippen molar-refractivity contribution in [1.82, 2.24) is 5.32 Å². The first-order valence-corrected chi connectivity index (χ1v) is 7.59. The minimum Gasteiger partial charge on any atom is -0.434 e. The van der Waals surface area contributed by atoms with Gasteiger partial charge in [0.15, 0.2) is 0 Å². The molecule has 6 nitrogen and oxygen atoms in total. The molecule has 0 heterocycles. The average molecular weight is 361 g/mol. The maximum atomic E-state index is 12.4. The number of carbonyl (C=O) groups excluding carboxylic acids is 2. The number of nitrogens with one attached hydrogen (secondary N) is 2. The largest absolute Gasteiger partial charge is 0.434 e. The summed E-state index contributed by atoms with van der Waals surface area (Å²) in [7, 11) is 0. The number of ether oxygens (including phenoxy) is 1. The predicted octanol–water partition coefficient (Wildman–Crippen LogP) is 3.11. The second-order valence-corrected chi connectivity index (χ2v) is 5.15. The van der Waals surface area contributed by atoms with Crippen molar-refractivity contribution in [3.05, 3.63) is 65.7 Å². The van der Waals surface area contributed by atoms with Crippen LogP contribution >= 0.6 is 0 Å². The van der Waals surface area contributed by atoms with E-state index in [0.29, 0.717) is 11.3 Å². The number of halogens is 2. The number of para-hydroxylation sites is 1. The van der Waals surface area contributed by atoms with Crippen LogP contribution in [0.15, 0.2) is 54.6 Å². The Kier molecular flexibility index (Phi) is 6.67. The summed E-state index contributed by atoms with van der Waals surface area (Å²) in [5.74, 6) is -0.403. The fraction of sp³-hybridized carbons (Fsp3) is 0.111. The summed E-state index contributed by atoms with van der Waals surface area (Å²) >= 11 is 0. The molecule has 26 heavy (non-hydrogen) atoms. The maximum Gasteiger partial charge on any atom is 0.387 e. The number of carbonyl (C=O) groups is 2.